The van der Waals surface area contributed by atoms with Crippen molar-refractivity contribution in [2.45, 2.75) is 36.1 Å². The van der Waals surface area contributed by atoms with Gasteiger partial charge in [-0.1, -0.05) is 98.6 Å². The normalized spacial score (nSPS) is 9.68. The fourth-order valence-electron chi connectivity index (χ4n) is 2.97. The molecule has 0 unspecified atom stereocenters. The Hall–Kier alpha value is -2.81. The molecule has 167 valence electrons. The number of nitrogens with zero attached hydrogens (tertiary/aromatic N) is 1. The van der Waals surface area contributed by atoms with Crippen LogP contribution in [0.3, 0.4) is 0 Å². The molecule has 4 heteroatoms. The zero-order valence-corrected chi connectivity index (χ0v) is 18.0. The summed E-state index contributed by atoms with van der Waals surface area (Å²) in [4.78, 5) is 14.5. The minimum absolute atomic E-state index is 0. The van der Waals surface area contributed by atoms with Crippen LogP contribution in [0.15, 0.2) is 84.8 Å². The van der Waals surface area contributed by atoms with Crippen molar-refractivity contribution in [2.75, 3.05) is 0 Å². The summed E-state index contributed by atoms with van der Waals surface area (Å²) in [6.45, 7) is 2.85. The maximum Gasteiger partial charge on any atom is 0.155 e. The fraction of sp³-hybridized carbons (Fsp3) is 0.185. The van der Waals surface area contributed by atoms with Gasteiger partial charge in [-0.15, -0.1) is 17.5 Å². The van der Waals surface area contributed by atoms with Crippen molar-refractivity contribution in [2.24, 2.45) is 0 Å². The first-order chi connectivity index (χ1) is 13.1. The summed E-state index contributed by atoms with van der Waals surface area (Å²) in [5.74, 6) is -0.0625. The molecule has 0 amide bonds. The number of aromatic nitrogens is 1. The molecular weight excluding hydrogens is 563 g/mol. The van der Waals surface area contributed by atoms with Crippen molar-refractivity contribution in [3.63, 3.8) is 0 Å². The molecule has 3 nitrogen and oxygen atoms in total. The van der Waals surface area contributed by atoms with Crippen molar-refractivity contribution in [3.8, 4) is 11.3 Å². The number of carbonyl (C=O) groups is 1. The average Bonchev–Trinajstić information content (AvgIpc) is 2.67. The number of pyridine rings is 1. The van der Waals surface area contributed by atoms with Crippen LogP contribution in [0, 0.1) is 6.07 Å². The summed E-state index contributed by atoms with van der Waals surface area (Å²) in [6, 6.07) is 26.3. The Morgan fingerprint density at radius 1 is 0.839 bits per heavy atom. The molecular formula is C27H32IrNO2-. The second-order valence-electron chi connectivity index (χ2n) is 6.20. The van der Waals surface area contributed by atoms with Crippen LogP contribution in [0.25, 0.3) is 32.8 Å². The molecule has 4 rings (SSSR count). The predicted molar refractivity (Wildman–Crippen MR) is 131 cm³/mol. The van der Waals surface area contributed by atoms with E-state index >= 15 is 0 Å². The maximum atomic E-state index is 10.0. The number of hydrogen-bond acceptors (Lipinski definition) is 3. The van der Waals surface area contributed by atoms with Crippen LogP contribution < -0.4 is 0 Å². The third kappa shape index (κ3) is 7.75. The first kappa shape index (κ1) is 30.4. The van der Waals surface area contributed by atoms with E-state index in [0.29, 0.717) is 0 Å². The fourth-order valence-corrected chi connectivity index (χ4v) is 2.97. The van der Waals surface area contributed by atoms with Gasteiger partial charge in [-0.25, -0.2) is 0 Å². The van der Waals surface area contributed by atoms with Gasteiger partial charge < -0.3 is 5.11 Å². The summed E-state index contributed by atoms with van der Waals surface area (Å²) in [6.07, 6.45) is 2.99. The second-order valence-corrected chi connectivity index (χ2v) is 6.20. The van der Waals surface area contributed by atoms with E-state index < -0.39 is 0 Å². The molecule has 0 saturated carbocycles. The maximum absolute atomic E-state index is 10.0. The number of benzene rings is 3. The van der Waals surface area contributed by atoms with Crippen LogP contribution in [0.4, 0.5) is 0 Å². The van der Waals surface area contributed by atoms with Crippen LogP contribution in [0.5, 0.6) is 0 Å². The van der Waals surface area contributed by atoms with Crippen molar-refractivity contribution < 1.29 is 30.0 Å². The number of aliphatic hydroxyl groups is 1. The van der Waals surface area contributed by atoms with Crippen LogP contribution in [-0.4, -0.2) is 15.9 Å². The Kier molecular flexibility index (Phi) is 14.0. The SMILES string of the molecule is C.C.C.CC(=O)C=C(C)O.[Ir].[c-]1c(-c2ccccn2)c2ccccc2c2ccccc12. The van der Waals surface area contributed by atoms with Crippen molar-refractivity contribution in [1.82, 2.24) is 4.98 Å². The van der Waals surface area contributed by atoms with Gasteiger partial charge in [0.1, 0.15) is 0 Å². The van der Waals surface area contributed by atoms with Crippen LogP contribution >= 0.6 is 0 Å². The molecule has 0 aliphatic carbocycles. The molecule has 0 aliphatic heterocycles. The molecule has 0 fully saturated rings. The van der Waals surface area contributed by atoms with Gasteiger partial charge in [0, 0.05) is 38.1 Å². The number of ketones is 1. The molecule has 0 spiro atoms. The molecule has 1 radical (unpaired) electrons. The Morgan fingerprint density at radius 2 is 1.39 bits per heavy atom. The Morgan fingerprint density at radius 3 is 1.90 bits per heavy atom. The molecule has 0 saturated heterocycles. The van der Waals surface area contributed by atoms with Gasteiger partial charge >= 0.3 is 0 Å². The molecule has 4 aromatic rings. The van der Waals surface area contributed by atoms with E-state index in [2.05, 4.69) is 59.6 Å². The summed E-state index contributed by atoms with van der Waals surface area (Å²) in [5, 5.41) is 13.2. The monoisotopic (exact) mass is 595 g/mol. The van der Waals surface area contributed by atoms with E-state index in [4.69, 9.17) is 5.11 Å². The van der Waals surface area contributed by atoms with Crippen molar-refractivity contribution >= 4 is 27.3 Å². The summed E-state index contributed by atoms with van der Waals surface area (Å²) >= 11 is 0. The minimum atomic E-state index is -0.125. The van der Waals surface area contributed by atoms with Gasteiger partial charge in [0.2, 0.25) is 0 Å². The summed E-state index contributed by atoms with van der Waals surface area (Å²) < 4.78 is 0. The molecule has 31 heavy (non-hydrogen) atoms. The quantitative estimate of drug-likeness (QED) is 0.112. The molecule has 1 heterocycles. The van der Waals surface area contributed by atoms with E-state index in [9.17, 15) is 4.79 Å². The molecule has 1 aromatic heterocycles. The van der Waals surface area contributed by atoms with E-state index in [1.54, 1.807) is 0 Å². The van der Waals surface area contributed by atoms with Gasteiger partial charge in [0.05, 0.1) is 5.76 Å². The number of carbonyl (C=O) groups excluding carboxylic acids is 1. The number of hydrogen-bond donors (Lipinski definition) is 1. The van der Waals surface area contributed by atoms with Crippen LogP contribution in [0.2, 0.25) is 0 Å². The molecule has 1 N–H and O–H groups in total. The van der Waals surface area contributed by atoms with E-state index in [-0.39, 0.29) is 53.9 Å². The molecule has 0 atom stereocenters. The number of rotatable bonds is 2. The minimum Gasteiger partial charge on any atom is -0.512 e. The average molecular weight is 595 g/mol. The largest absolute Gasteiger partial charge is 0.512 e. The third-order valence-electron chi connectivity index (χ3n) is 4.01. The van der Waals surface area contributed by atoms with E-state index in [1.807, 2.05) is 24.4 Å². The van der Waals surface area contributed by atoms with Gasteiger partial charge in [0.25, 0.3) is 0 Å². The molecule has 3 aromatic carbocycles. The number of allylic oxidation sites excluding steroid dienone is 2. The van der Waals surface area contributed by atoms with Crippen molar-refractivity contribution in [1.29, 1.82) is 0 Å². The zero-order chi connectivity index (χ0) is 19.2. The van der Waals surface area contributed by atoms with Crippen molar-refractivity contribution in [3.05, 3.63) is 90.8 Å². The van der Waals surface area contributed by atoms with Crippen LogP contribution in [-0.2, 0) is 24.9 Å². The van der Waals surface area contributed by atoms with Gasteiger partial charge in [0.15, 0.2) is 5.78 Å². The topological polar surface area (TPSA) is 50.2 Å². The predicted octanol–water partition coefficient (Wildman–Crippen LogP) is 7.80. The molecule has 0 bridgehead atoms. The number of aliphatic hydroxyl groups excluding tert-OH is 1. The summed E-state index contributed by atoms with van der Waals surface area (Å²) in [7, 11) is 0. The molecule has 0 aliphatic rings. The number of fused-ring (bicyclic) bond motifs is 3. The van der Waals surface area contributed by atoms with E-state index in [0.717, 1.165) is 16.6 Å². The zero-order valence-electron chi connectivity index (χ0n) is 15.6. The first-order valence-corrected chi connectivity index (χ1v) is 8.68. The third-order valence-corrected chi connectivity index (χ3v) is 4.01. The van der Waals surface area contributed by atoms with Gasteiger partial charge in [-0.2, -0.15) is 0 Å². The Labute approximate surface area is 200 Å². The smallest absolute Gasteiger partial charge is 0.155 e. The van der Waals surface area contributed by atoms with Gasteiger partial charge in [-0.3, -0.25) is 9.78 Å². The Balaban J connectivity index is 0. The summed E-state index contributed by atoms with van der Waals surface area (Å²) in [5.41, 5.74) is 2.04. The second kappa shape index (κ2) is 14.2. The first-order valence-electron chi connectivity index (χ1n) is 8.68. The Bertz CT molecular complexity index is 1120. The van der Waals surface area contributed by atoms with Gasteiger partial charge in [-0.05, 0) is 19.9 Å². The standard InChI is InChI=1S/C19H12N.C5H8O2.3CH4.Ir/c1-2-8-15-14(7-1)13-18(19-11-5-6-12-20-19)17-10-4-3-9-16(15)17;1-4(6)3-5(2)7;;;;/h1-12H;3,6H,1-2H3;3*1H4;/q-1;;;;;. The van der Waals surface area contributed by atoms with Crippen LogP contribution in [0.1, 0.15) is 36.1 Å². The van der Waals surface area contributed by atoms with E-state index in [1.165, 1.54) is 36.1 Å².